The fourth-order valence-electron chi connectivity index (χ4n) is 4.93. The molecule has 3 unspecified atom stereocenters. The molecule has 2 fully saturated rings. The van der Waals surface area contributed by atoms with Crippen LogP contribution in [-0.4, -0.2) is 85.6 Å². The van der Waals surface area contributed by atoms with Crippen molar-refractivity contribution >= 4 is 11.0 Å². The van der Waals surface area contributed by atoms with Gasteiger partial charge in [-0.15, -0.1) is 0 Å². The first-order chi connectivity index (χ1) is 13.1. The second-order valence-electron chi connectivity index (χ2n) is 7.83. The number of fused-ring (bicyclic) bond motifs is 6. The van der Waals surface area contributed by atoms with Crippen LogP contribution in [0.3, 0.4) is 0 Å². The number of aliphatic hydroxyl groups excluding tert-OH is 4. The maximum atomic E-state index is 10.5. The van der Waals surface area contributed by atoms with E-state index in [4.69, 9.17) is 4.74 Å². The molecule has 3 aliphatic rings. The van der Waals surface area contributed by atoms with Crippen LogP contribution in [0.1, 0.15) is 29.4 Å². The lowest BCUT2D eigenvalue weighted by atomic mass is 9.92. The average molecular weight is 373 g/mol. The molecule has 0 radical (unpaired) electrons. The molecule has 0 saturated carbocycles. The first-order valence-corrected chi connectivity index (χ1v) is 9.36. The third-order valence-corrected chi connectivity index (χ3v) is 6.26. The minimum atomic E-state index is -1.35. The van der Waals surface area contributed by atoms with Crippen LogP contribution in [0.2, 0.25) is 0 Å². The summed E-state index contributed by atoms with van der Waals surface area (Å²) in [7, 11) is 0. The Hall–Kier alpha value is -1.68. The first-order valence-electron chi connectivity index (χ1n) is 9.36. The number of hydrogen-bond acceptors (Lipinski definition) is 8. The summed E-state index contributed by atoms with van der Waals surface area (Å²) >= 11 is 0. The number of likely N-dealkylation sites (tertiary alicyclic amines) is 1. The highest BCUT2D eigenvalue weighted by Crippen LogP contribution is 2.47. The molecule has 2 bridgehead atoms. The summed E-state index contributed by atoms with van der Waals surface area (Å²) in [5.74, 6) is 0.579. The monoisotopic (exact) mass is 373 g/mol. The molecule has 2 aromatic rings. The second-order valence-corrected chi connectivity index (χ2v) is 7.83. The van der Waals surface area contributed by atoms with Gasteiger partial charge in [0.05, 0.1) is 17.6 Å². The first kappa shape index (κ1) is 17.4. The SMILES string of the molecule is OC[C@H]1OC(N2CC3CC(C2)c2cc4nccnc4cc23)[C@H](O)[C@@H](O)[C@@H]1O. The van der Waals surface area contributed by atoms with E-state index >= 15 is 0 Å². The summed E-state index contributed by atoms with van der Waals surface area (Å²) in [6.45, 7) is 0.945. The Bertz CT molecular complexity index is 812. The number of ether oxygens (including phenoxy) is 1. The van der Waals surface area contributed by atoms with Crippen LogP contribution in [0.15, 0.2) is 24.5 Å². The summed E-state index contributed by atoms with van der Waals surface area (Å²) in [6, 6.07) is 4.22. The van der Waals surface area contributed by atoms with Crippen molar-refractivity contribution < 1.29 is 25.2 Å². The summed E-state index contributed by atoms with van der Waals surface area (Å²) in [6.07, 6.45) is -1.14. The van der Waals surface area contributed by atoms with Crippen molar-refractivity contribution in [2.45, 2.75) is 48.9 Å². The van der Waals surface area contributed by atoms with Gasteiger partial charge in [-0.25, -0.2) is 0 Å². The lowest BCUT2D eigenvalue weighted by Crippen LogP contribution is -2.64. The van der Waals surface area contributed by atoms with Crippen molar-refractivity contribution in [2.24, 2.45) is 0 Å². The molecule has 0 spiro atoms. The van der Waals surface area contributed by atoms with Crippen LogP contribution in [0.5, 0.6) is 0 Å². The van der Waals surface area contributed by atoms with Gasteiger partial charge in [0.15, 0.2) is 0 Å². The molecule has 8 heteroatoms. The van der Waals surface area contributed by atoms with E-state index in [2.05, 4.69) is 22.1 Å². The van der Waals surface area contributed by atoms with Crippen LogP contribution in [0.25, 0.3) is 11.0 Å². The Labute approximate surface area is 156 Å². The van der Waals surface area contributed by atoms with Crippen molar-refractivity contribution in [3.8, 4) is 0 Å². The predicted octanol–water partition coefficient (Wildman–Crippen LogP) is -0.684. The van der Waals surface area contributed by atoms with Gasteiger partial charge < -0.3 is 25.2 Å². The van der Waals surface area contributed by atoms with E-state index in [1.54, 1.807) is 12.4 Å². The van der Waals surface area contributed by atoms with Gasteiger partial charge >= 0.3 is 0 Å². The van der Waals surface area contributed by atoms with E-state index in [1.807, 2.05) is 4.90 Å². The zero-order chi connectivity index (χ0) is 18.7. The highest BCUT2D eigenvalue weighted by molar-refractivity contribution is 5.77. The standard InChI is InChI=1S/C19H23N3O5/c23-8-15-16(24)17(25)18(26)19(27-15)22-6-9-3-10(7-22)12-5-14-13(4-11(9)12)20-1-2-21-14/h1-2,4-5,9-10,15-19,23-26H,3,6-8H2/t9?,10?,15-,16-,17+,18-,19?/m1/s1. The van der Waals surface area contributed by atoms with Crippen molar-refractivity contribution in [1.29, 1.82) is 0 Å². The topological polar surface area (TPSA) is 119 Å². The zero-order valence-electron chi connectivity index (χ0n) is 14.7. The number of nitrogens with zero attached hydrogens (tertiary/aromatic N) is 3. The maximum absolute atomic E-state index is 10.5. The third-order valence-electron chi connectivity index (χ3n) is 6.26. The lowest BCUT2D eigenvalue weighted by Gasteiger charge is -2.46. The maximum Gasteiger partial charge on any atom is 0.140 e. The Balaban J connectivity index is 1.44. The summed E-state index contributed by atoms with van der Waals surface area (Å²) in [5, 5.41) is 40.0. The average Bonchev–Trinajstić information content (AvgIpc) is 2.94. The quantitative estimate of drug-likeness (QED) is 0.547. The molecular formula is C19H23N3O5. The molecule has 8 nitrogen and oxygen atoms in total. The molecule has 0 amide bonds. The van der Waals surface area contributed by atoms with Crippen LogP contribution in [-0.2, 0) is 4.74 Å². The molecule has 27 heavy (non-hydrogen) atoms. The van der Waals surface area contributed by atoms with Gasteiger partial charge in [-0.2, -0.15) is 0 Å². The highest BCUT2D eigenvalue weighted by atomic mass is 16.6. The fourth-order valence-corrected chi connectivity index (χ4v) is 4.93. The molecule has 3 heterocycles. The van der Waals surface area contributed by atoms with E-state index in [0.29, 0.717) is 13.1 Å². The second kappa shape index (κ2) is 6.44. The minimum absolute atomic E-state index is 0.289. The molecule has 1 aromatic carbocycles. The molecule has 4 N–H and O–H groups in total. The van der Waals surface area contributed by atoms with E-state index in [9.17, 15) is 20.4 Å². The molecule has 2 saturated heterocycles. The summed E-state index contributed by atoms with van der Waals surface area (Å²) < 4.78 is 5.76. The molecule has 2 aliphatic heterocycles. The molecule has 5 rings (SSSR count). The van der Waals surface area contributed by atoms with Crippen molar-refractivity contribution in [3.05, 3.63) is 35.7 Å². The number of benzene rings is 1. The summed E-state index contributed by atoms with van der Waals surface area (Å²) in [4.78, 5) is 10.8. The van der Waals surface area contributed by atoms with E-state index in [-0.39, 0.29) is 11.8 Å². The smallest absolute Gasteiger partial charge is 0.140 e. The lowest BCUT2D eigenvalue weighted by molar-refractivity contribution is -0.267. The number of rotatable bonds is 2. The van der Waals surface area contributed by atoms with Gasteiger partial charge in [-0.3, -0.25) is 14.9 Å². The Morgan fingerprint density at radius 3 is 2.07 bits per heavy atom. The van der Waals surface area contributed by atoms with Gasteiger partial charge in [0.2, 0.25) is 0 Å². The number of aromatic nitrogens is 2. The Kier molecular flexibility index (Phi) is 4.15. The van der Waals surface area contributed by atoms with Crippen LogP contribution < -0.4 is 0 Å². The predicted molar refractivity (Wildman–Crippen MR) is 95.0 cm³/mol. The van der Waals surface area contributed by atoms with Gasteiger partial charge in [-0.05, 0) is 41.5 Å². The van der Waals surface area contributed by atoms with Crippen molar-refractivity contribution in [1.82, 2.24) is 14.9 Å². The fraction of sp³-hybridized carbons (Fsp3) is 0.579. The highest BCUT2D eigenvalue weighted by Gasteiger charge is 2.49. The van der Waals surface area contributed by atoms with E-state index in [0.717, 1.165) is 17.5 Å². The van der Waals surface area contributed by atoms with Gasteiger partial charge in [0.25, 0.3) is 0 Å². The van der Waals surface area contributed by atoms with Crippen LogP contribution in [0.4, 0.5) is 0 Å². The van der Waals surface area contributed by atoms with E-state index in [1.165, 1.54) is 11.1 Å². The van der Waals surface area contributed by atoms with Crippen molar-refractivity contribution in [2.75, 3.05) is 19.7 Å². The summed E-state index contributed by atoms with van der Waals surface area (Å²) in [5.41, 5.74) is 4.28. The van der Waals surface area contributed by atoms with Crippen molar-refractivity contribution in [3.63, 3.8) is 0 Å². The number of piperidine rings is 1. The largest absolute Gasteiger partial charge is 0.394 e. The Morgan fingerprint density at radius 1 is 0.926 bits per heavy atom. The normalized spacial score (nSPS) is 38.9. The zero-order valence-corrected chi connectivity index (χ0v) is 14.7. The molecule has 1 aromatic heterocycles. The number of aliphatic hydroxyl groups is 4. The molecule has 1 aliphatic carbocycles. The molecule has 144 valence electrons. The van der Waals surface area contributed by atoms with Gasteiger partial charge in [0, 0.05) is 25.5 Å². The molecule has 7 atom stereocenters. The van der Waals surface area contributed by atoms with E-state index < -0.39 is 37.3 Å². The molecular weight excluding hydrogens is 350 g/mol. The van der Waals surface area contributed by atoms with Crippen LogP contribution in [0, 0.1) is 0 Å². The van der Waals surface area contributed by atoms with Gasteiger partial charge in [-0.1, -0.05) is 0 Å². The van der Waals surface area contributed by atoms with Crippen LogP contribution >= 0.6 is 0 Å². The number of hydrogen-bond donors (Lipinski definition) is 4. The Morgan fingerprint density at radius 2 is 1.52 bits per heavy atom. The third kappa shape index (κ3) is 2.67. The van der Waals surface area contributed by atoms with Gasteiger partial charge in [0.1, 0.15) is 30.6 Å². The minimum Gasteiger partial charge on any atom is -0.394 e.